The van der Waals surface area contributed by atoms with Gasteiger partial charge in [0.05, 0.1) is 19.3 Å². The molecule has 5 nitrogen and oxygen atoms in total. The topological polar surface area (TPSA) is 65.9 Å². The Bertz CT molecular complexity index is 463. The Balaban J connectivity index is 2.41. The lowest BCUT2D eigenvalue weighted by Crippen LogP contribution is -2.39. The predicted molar refractivity (Wildman–Crippen MR) is 101 cm³/mol. The minimum Gasteiger partial charge on any atom is -0.389 e. The van der Waals surface area contributed by atoms with E-state index in [1.165, 1.54) is 5.56 Å². The van der Waals surface area contributed by atoms with Gasteiger partial charge in [0.2, 0.25) is 0 Å². The highest BCUT2D eigenvalue weighted by Crippen LogP contribution is 2.12. The SMILES string of the molecule is CCNC(=NCC(O)COCC(C)C)NCC(C)c1ccccc1. The lowest BCUT2D eigenvalue weighted by atomic mass is 10.0. The van der Waals surface area contributed by atoms with Crippen LogP contribution in [0.1, 0.15) is 39.2 Å². The molecule has 2 unspecified atom stereocenters. The minimum absolute atomic E-state index is 0.321. The highest BCUT2D eigenvalue weighted by Gasteiger charge is 2.08. The van der Waals surface area contributed by atoms with Gasteiger partial charge < -0.3 is 20.5 Å². The van der Waals surface area contributed by atoms with Gasteiger partial charge in [-0.3, -0.25) is 4.99 Å². The van der Waals surface area contributed by atoms with Gasteiger partial charge in [-0.15, -0.1) is 0 Å². The molecule has 0 spiro atoms. The molecule has 5 heteroatoms. The van der Waals surface area contributed by atoms with Crippen LogP contribution in [0, 0.1) is 5.92 Å². The number of aliphatic imine (C=N–C) groups is 1. The van der Waals surface area contributed by atoms with E-state index in [-0.39, 0.29) is 0 Å². The highest BCUT2D eigenvalue weighted by atomic mass is 16.5. The minimum atomic E-state index is -0.578. The Morgan fingerprint density at radius 1 is 1.12 bits per heavy atom. The van der Waals surface area contributed by atoms with Crippen molar-refractivity contribution >= 4 is 5.96 Å². The first-order chi connectivity index (χ1) is 11.5. The van der Waals surface area contributed by atoms with Crippen LogP contribution in [0.25, 0.3) is 0 Å². The number of rotatable bonds is 10. The first-order valence-corrected chi connectivity index (χ1v) is 8.85. The first-order valence-electron chi connectivity index (χ1n) is 8.85. The number of aliphatic hydroxyl groups is 1. The van der Waals surface area contributed by atoms with Gasteiger partial charge in [-0.2, -0.15) is 0 Å². The third kappa shape index (κ3) is 8.89. The molecule has 1 aromatic rings. The van der Waals surface area contributed by atoms with Crippen LogP contribution < -0.4 is 10.6 Å². The van der Waals surface area contributed by atoms with Crippen molar-refractivity contribution in [1.82, 2.24) is 10.6 Å². The normalized spacial score (nSPS) is 14.5. The van der Waals surface area contributed by atoms with Crippen molar-refractivity contribution in [3.8, 4) is 0 Å². The zero-order valence-corrected chi connectivity index (χ0v) is 15.5. The molecule has 0 aliphatic heterocycles. The van der Waals surface area contributed by atoms with Crippen molar-refractivity contribution in [2.45, 2.75) is 39.7 Å². The summed E-state index contributed by atoms with van der Waals surface area (Å²) >= 11 is 0. The van der Waals surface area contributed by atoms with Crippen LogP contribution in [-0.2, 0) is 4.74 Å². The van der Waals surface area contributed by atoms with Crippen LogP contribution in [0.4, 0.5) is 0 Å². The van der Waals surface area contributed by atoms with Crippen LogP contribution in [0.3, 0.4) is 0 Å². The molecule has 1 rings (SSSR count). The molecule has 0 saturated carbocycles. The number of benzene rings is 1. The molecule has 0 aliphatic rings. The van der Waals surface area contributed by atoms with E-state index in [9.17, 15) is 5.11 Å². The summed E-state index contributed by atoms with van der Waals surface area (Å²) in [5.41, 5.74) is 1.29. The zero-order chi connectivity index (χ0) is 17.8. The second kappa shape index (κ2) is 11.9. The van der Waals surface area contributed by atoms with E-state index in [2.05, 4.69) is 60.7 Å². The summed E-state index contributed by atoms with van der Waals surface area (Å²) in [6.07, 6.45) is -0.578. The number of hydrogen-bond acceptors (Lipinski definition) is 3. The van der Waals surface area contributed by atoms with Gasteiger partial charge in [0, 0.05) is 19.7 Å². The molecule has 136 valence electrons. The number of ether oxygens (including phenoxy) is 1. The van der Waals surface area contributed by atoms with Gasteiger partial charge in [0.1, 0.15) is 0 Å². The summed E-state index contributed by atoms with van der Waals surface area (Å²) in [4.78, 5) is 4.44. The van der Waals surface area contributed by atoms with Crippen LogP contribution >= 0.6 is 0 Å². The van der Waals surface area contributed by atoms with Gasteiger partial charge in [-0.1, -0.05) is 51.1 Å². The lowest BCUT2D eigenvalue weighted by molar-refractivity contribution is 0.0301. The van der Waals surface area contributed by atoms with Gasteiger partial charge in [-0.25, -0.2) is 0 Å². The van der Waals surface area contributed by atoms with E-state index in [1.807, 2.05) is 13.0 Å². The fourth-order valence-corrected chi connectivity index (χ4v) is 2.18. The number of aliphatic hydroxyl groups excluding tert-OH is 1. The molecule has 0 aliphatic carbocycles. The van der Waals surface area contributed by atoms with E-state index in [0.717, 1.165) is 19.0 Å². The Kier molecular flexibility index (Phi) is 10.1. The van der Waals surface area contributed by atoms with E-state index >= 15 is 0 Å². The average molecular weight is 335 g/mol. The molecule has 3 N–H and O–H groups in total. The maximum atomic E-state index is 9.95. The summed E-state index contributed by atoms with van der Waals surface area (Å²) < 4.78 is 5.45. The molecule has 0 aromatic heterocycles. The van der Waals surface area contributed by atoms with E-state index in [0.29, 0.717) is 31.6 Å². The van der Waals surface area contributed by atoms with E-state index < -0.39 is 6.10 Å². The van der Waals surface area contributed by atoms with Crippen molar-refractivity contribution in [3.63, 3.8) is 0 Å². The van der Waals surface area contributed by atoms with E-state index in [1.54, 1.807) is 0 Å². The van der Waals surface area contributed by atoms with Gasteiger partial charge >= 0.3 is 0 Å². The molecule has 0 fully saturated rings. The second-order valence-electron chi connectivity index (χ2n) is 6.50. The molecule has 0 heterocycles. The second-order valence-corrected chi connectivity index (χ2v) is 6.50. The Morgan fingerprint density at radius 3 is 2.46 bits per heavy atom. The summed E-state index contributed by atoms with van der Waals surface area (Å²) in [6, 6.07) is 10.4. The largest absolute Gasteiger partial charge is 0.389 e. The monoisotopic (exact) mass is 335 g/mol. The van der Waals surface area contributed by atoms with Gasteiger partial charge in [0.15, 0.2) is 5.96 Å². The third-order valence-electron chi connectivity index (χ3n) is 3.51. The average Bonchev–Trinajstić information content (AvgIpc) is 2.57. The first kappa shape index (κ1) is 20.5. The van der Waals surface area contributed by atoms with Crippen LogP contribution in [-0.4, -0.2) is 50.0 Å². The van der Waals surface area contributed by atoms with Crippen LogP contribution in [0.5, 0.6) is 0 Å². The molecule has 2 atom stereocenters. The van der Waals surface area contributed by atoms with Crippen molar-refractivity contribution in [2.75, 3.05) is 32.8 Å². The Labute approximate surface area is 146 Å². The molecular formula is C19H33N3O2. The summed E-state index contributed by atoms with van der Waals surface area (Å²) in [6.45, 7) is 11.3. The number of nitrogens with one attached hydrogen (secondary N) is 2. The number of nitrogens with zero attached hydrogens (tertiary/aromatic N) is 1. The molecular weight excluding hydrogens is 302 g/mol. The van der Waals surface area contributed by atoms with Crippen LogP contribution in [0.15, 0.2) is 35.3 Å². The molecule has 0 amide bonds. The van der Waals surface area contributed by atoms with Crippen molar-refractivity contribution in [3.05, 3.63) is 35.9 Å². The third-order valence-corrected chi connectivity index (χ3v) is 3.51. The van der Waals surface area contributed by atoms with Gasteiger partial charge in [-0.05, 0) is 24.3 Å². The predicted octanol–water partition coefficient (Wildman–Crippen LogP) is 2.38. The van der Waals surface area contributed by atoms with E-state index in [4.69, 9.17) is 4.74 Å². The quantitative estimate of drug-likeness (QED) is 0.454. The van der Waals surface area contributed by atoms with Gasteiger partial charge in [0.25, 0.3) is 0 Å². The Hall–Kier alpha value is -1.59. The molecule has 0 bridgehead atoms. The Morgan fingerprint density at radius 2 is 1.83 bits per heavy atom. The van der Waals surface area contributed by atoms with Crippen LogP contribution in [0.2, 0.25) is 0 Å². The molecule has 1 aromatic carbocycles. The smallest absolute Gasteiger partial charge is 0.191 e. The maximum absolute atomic E-state index is 9.95. The standard InChI is InChI=1S/C19H33N3O2/c1-5-20-19(22-12-18(23)14-24-13-15(2)3)21-11-16(4)17-9-7-6-8-10-17/h6-10,15-16,18,23H,5,11-14H2,1-4H3,(H2,20,21,22). The van der Waals surface area contributed by atoms with Crippen molar-refractivity contribution in [2.24, 2.45) is 10.9 Å². The van der Waals surface area contributed by atoms with Crippen molar-refractivity contribution in [1.29, 1.82) is 0 Å². The lowest BCUT2D eigenvalue weighted by Gasteiger charge is -2.17. The summed E-state index contributed by atoms with van der Waals surface area (Å²) in [5, 5.41) is 16.5. The van der Waals surface area contributed by atoms with Crippen molar-refractivity contribution < 1.29 is 9.84 Å². The zero-order valence-electron chi connectivity index (χ0n) is 15.5. The number of hydrogen-bond donors (Lipinski definition) is 3. The summed E-state index contributed by atoms with van der Waals surface area (Å²) in [5.74, 6) is 1.58. The maximum Gasteiger partial charge on any atom is 0.191 e. The highest BCUT2D eigenvalue weighted by molar-refractivity contribution is 5.79. The fourth-order valence-electron chi connectivity index (χ4n) is 2.18. The molecule has 0 radical (unpaired) electrons. The summed E-state index contributed by atoms with van der Waals surface area (Å²) in [7, 11) is 0. The number of guanidine groups is 1. The molecule has 0 saturated heterocycles. The fraction of sp³-hybridized carbons (Fsp3) is 0.632. The molecule has 24 heavy (non-hydrogen) atoms.